The van der Waals surface area contributed by atoms with E-state index in [1.807, 2.05) is 0 Å². The lowest BCUT2D eigenvalue weighted by Gasteiger charge is -2.12. The van der Waals surface area contributed by atoms with Crippen molar-refractivity contribution in [3.8, 4) is 0 Å². The topological polar surface area (TPSA) is 58.5 Å². The molecule has 0 aromatic carbocycles. The minimum atomic E-state index is 0. The average Bonchev–Trinajstić information content (AvgIpc) is 3.16. The van der Waals surface area contributed by atoms with E-state index in [4.69, 9.17) is 4.74 Å². The van der Waals surface area contributed by atoms with Crippen LogP contribution in [0.4, 0.5) is 0 Å². The molecule has 2 N–H and O–H groups in total. The molecule has 0 bridgehead atoms. The third-order valence-corrected chi connectivity index (χ3v) is 4.44. The molecule has 22 heavy (non-hydrogen) atoms. The van der Waals surface area contributed by atoms with E-state index in [9.17, 15) is 0 Å². The van der Waals surface area contributed by atoms with Crippen LogP contribution in [0.15, 0.2) is 10.4 Å². The van der Waals surface area contributed by atoms with Gasteiger partial charge in [0, 0.05) is 31.5 Å². The normalized spacial score (nSPS) is 18.1. The first kappa shape index (κ1) is 19.6. The fraction of sp³-hybridized carbons (Fsp3) is 0.733. The van der Waals surface area contributed by atoms with Crippen molar-refractivity contribution >= 4 is 41.3 Å². The monoisotopic (exact) mass is 438 g/mol. The average molecular weight is 438 g/mol. The van der Waals surface area contributed by atoms with Crippen molar-refractivity contribution in [1.82, 2.24) is 15.6 Å². The summed E-state index contributed by atoms with van der Waals surface area (Å²) in [5.41, 5.74) is 1.17. The number of nitrogens with zero attached hydrogens (tertiary/aromatic N) is 2. The van der Waals surface area contributed by atoms with E-state index in [0.29, 0.717) is 6.10 Å². The Labute approximate surface area is 154 Å². The molecule has 1 saturated heterocycles. The van der Waals surface area contributed by atoms with Crippen LogP contribution in [0.1, 0.15) is 37.4 Å². The minimum Gasteiger partial charge on any atom is -0.376 e. The van der Waals surface area contributed by atoms with E-state index < -0.39 is 0 Å². The molecule has 2 rings (SSSR count). The predicted octanol–water partition coefficient (Wildman–Crippen LogP) is 2.60. The first-order valence-corrected chi connectivity index (χ1v) is 8.76. The molecular formula is C15H27IN4OS. The van der Waals surface area contributed by atoms with Crippen molar-refractivity contribution in [3.63, 3.8) is 0 Å². The smallest absolute Gasteiger partial charge is 0.191 e. The van der Waals surface area contributed by atoms with Crippen molar-refractivity contribution in [2.24, 2.45) is 4.99 Å². The molecule has 5 nitrogen and oxygen atoms in total. The molecule has 2 heterocycles. The van der Waals surface area contributed by atoms with Crippen molar-refractivity contribution in [3.05, 3.63) is 16.1 Å². The van der Waals surface area contributed by atoms with Crippen LogP contribution < -0.4 is 10.6 Å². The van der Waals surface area contributed by atoms with Gasteiger partial charge >= 0.3 is 0 Å². The maximum Gasteiger partial charge on any atom is 0.191 e. The number of ether oxygens (including phenoxy) is 1. The summed E-state index contributed by atoms with van der Waals surface area (Å²) in [6.45, 7) is 7.57. The number of halogens is 1. The summed E-state index contributed by atoms with van der Waals surface area (Å²) >= 11 is 1.74. The molecular weight excluding hydrogens is 411 g/mol. The number of aromatic nitrogens is 1. The van der Waals surface area contributed by atoms with Crippen LogP contribution in [0.3, 0.4) is 0 Å². The largest absolute Gasteiger partial charge is 0.376 e. The summed E-state index contributed by atoms with van der Waals surface area (Å²) in [7, 11) is 0. The van der Waals surface area contributed by atoms with Crippen molar-refractivity contribution < 1.29 is 4.74 Å². The third-order valence-electron chi connectivity index (χ3n) is 3.40. The third kappa shape index (κ3) is 6.78. The Morgan fingerprint density at radius 1 is 1.45 bits per heavy atom. The van der Waals surface area contributed by atoms with Gasteiger partial charge in [-0.2, -0.15) is 0 Å². The first-order valence-electron chi connectivity index (χ1n) is 7.88. The highest BCUT2D eigenvalue weighted by molar-refractivity contribution is 14.0. The van der Waals surface area contributed by atoms with Gasteiger partial charge in [-0.15, -0.1) is 35.3 Å². The van der Waals surface area contributed by atoms with Crippen LogP contribution in [-0.2, 0) is 17.6 Å². The number of hydrogen-bond donors (Lipinski definition) is 2. The van der Waals surface area contributed by atoms with Crippen LogP contribution in [0.5, 0.6) is 0 Å². The lowest BCUT2D eigenvalue weighted by molar-refractivity contribution is 0.117. The highest BCUT2D eigenvalue weighted by Gasteiger charge is 2.14. The second-order valence-corrected chi connectivity index (χ2v) is 6.06. The molecule has 0 amide bonds. The first-order chi connectivity index (χ1) is 10.3. The quantitative estimate of drug-likeness (QED) is 0.391. The summed E-state index contributed by atoms with van der Waals surface area (Å²) in [5, 5.41) is 10.0. The van der Waals surface area contributed by atoms with Gasteiger partial charge in [0.2, 0.25) is 0 Å². The number of hydrogen-bond acceptors (Lipinski definition) is 4. The molecule has 1 fully saturated rings. The molecule has 0 radical (unpaired) electrons. The highest BCUT2D eigenvalue weighted by Crippen LogP contribution is 2.12. The van der Waals surface area contributed by atoms with Gasteiger partial charge in [-0.25, -0.2) is 4.98 Å². The van der Waals surface area contributed by atoms with Crippen LogP contribution >= 0.6 is 35.3 Å². The zero-order chi connectivity index (χ0) is 14.9. The standard InChI is InChI=1S/C15H26N4OS.HI/c1-3-14-19-12(11-21-14)7-8-17-15(16-4-2)18-10-13-6-5-9-20-13;/h11,13H,3-10H2,1-2H3,(H2,16,17,18);1H. The minimum absolute atomic E-state index is 0. The zero-order valence-electron chi connectivity index (χ0n) is 13.4. The molecule has 1 aliphatic rings. The highest BCUT2D eigenvalue weighted by atomic mass is 127. The van der Waals surface area contributed by atoms with Crippen LogP contribution in [0.25, 0.3) is 0 Å². The molecule has 7 heteroatoms. The van der Waals surface area contributed by atoms with Gasteiger partial charge < -0.3 is 15.4 Å². The van der Waals surface area contributed by atoms with Gasteiger partial charge in [0.15, 0.2) is 5.96 Å². The van der Waals surface area contributed by atoms with Gasteiger partial charge in [-0.05, 0) is 26.2 Å². The van der Waals surface area contributed by atoms with Crippen LogP contribution in [0, 0.1) is 0 Å². The number of aliphatic imine (C=N–C) groups is 1. The van der Waals surface area contributed by atoms with E-state index in [2.05, 4.69) is 39.8 Å². The SMILES string of the molecule is CCNC(=NCC1CCCO1)NCCc1csc(CC)n1.I. The van der Waals surface area contributed by atoms with Crippen LogP contribution in [0.2, 0.25) is 0 Å². The van der Waals surface area contributed by atoms with Gasteiger partial charge in [0.25, 0.3) is 0 Å². The lowest BCUT2D eigenvalue weighted by atomic mass is 10.2. The molecule has 1 atom stereocenters. The second-order valence-electron chi connectivity index (χ2n) is 5.12. The Morgan fingerprint density at radius 3 is 2.95 bits per heavy atom. The molecule has 126 valence electrons. The number of aryl methyl sites for hydroxylation is 1. The number of nitrogens with one attached hydrogen (secondary N) is 2. The molecule has 1 aromatic rings. The van der Waals surface area contributed by atoms with Crippen molar-refractivity contribution in [2.45, 2.75) is 45.6 Å². The Hall–Kier alpha value is -0.410. The predicted molar refractivity (Wildman–Crippen MR) is 104 cm³/mol. The van der Waals surface area contributed by atoms with Crippen molar-refractivity contribution in [1.29, 1.82) is 0 Å². The number of thiazole rings is 1. The fourth-order valence-corrected chi connectivity index (χ4v) is 3.04. The van der Waals surface area contributed by atoms with E-state index in [1.165, 1.54) is 10.7 Å². The second kappa shape index (κ2) is 11.2. The summed E-state index contributed by atoms with van der Waals surface area (Å²) < 4.78 is 5.60. The molecule has 0 spiro atoms. The Bertz CT molecular complexity index is 447. The Kier molecular flexibility index (Phi) is 9.98. The fourth-order valence-electron chi connectivity index (χ4n) is 2.26. The van der Waals surface area contributed by atoms with Gasteiger partial charge in [-0.3, -0.25) is 4.99 Å². The Balaban J connectivity index is 0.00000242. The van der Waals surface area contributed by atoms with Crippen LogP contribution in [-0.4, -0.2) is 43.3 Å². The van der Waals surface area contributed by atoms with Gasteiger partial charge in [0.05, 0.1) is 23.4 Å². The maximum atomic E-state index is 5.60. The molecule has 0 aliphatic carbocycles. The van der Waals surface area contributed by atoms with Gasteiger partial charge in [0.1, 0.15) is 0 Å². The number of rotatable bonds is 7. The van der Waals surface area contributed by atoms with Crippen molar-refractivity contribution in [2.75, 3.05) is 26.2 Å². The van der Waals surface area contributed by atoms with E-state index >= 15 is 0 Å². The summed E-state index contributed by atoms with van der Waals surface area (Å²) in [4.78, 5) is 9.18. The molecule has 1 aromatic heterocycles. The summed E-state index contributed by atoms with van der Waals surface area (Å²) in [6, 6.07) is 0. The zero-order valence-corrected chi connectivity index (χ0v) is 16.6. The Morgan fingerprint density at radius 2 is 2.32 bits per heavy atom. The molecule has 0 saturated carbocycles. The lowest BCUT2D eigenvalue weighted by Crippen LogP contribution is -2.39. The molecule has 1 unspecified atom stereocenters. The van der Waals surface area contributed by atoms with E-state index in [1.54, 1.807) is 11.3 Å². The summed E-state index contributed by atoms with van der Waals surface area (Å²) in [6.07, 6.45) is 4.53. The summed E-state index contributed by atoms with van der Waals surface area (Å²) in [5.74, 6) is 0.874. The van der Waals surface area contributed by atoms with E-state index in [-0.39, 0.29) is 24.0 Å². The maximum absolute atomic E-state index is 5.60. The number of guanidine groups is 1. The molecule has 1 aliphatic heterocycles. The van der Waals surface area contributed by atoms with E-state index in [0.717, 1.165) is 57.9 Å². The van der Waals surface area contributed by atoms with Gasteiger partial charge in [-0.1, -0.05) is 6.92 Å².